The first-order valence-corrected chi connectivity index (χ1v) is 12.5. The average Bonchev–Trinajstić information content (AvgIpc) is 3.38. The maximum atomic E-state index is 14.2. The van der Waals surface area contributed by atoms with Crippen molar-refractivity contribution in [3.05, 3.63) is 71.3 Å². The van der Waals surface area contributed by atoms with Crippen LogP contribution in [0.2, 0.25) is 0 Å². The molecule has 2 N–H and O–H groups in total. The molecule has 9 heteroatoms. The van der Waals surface area contributed by atoms with Crippen LogP contribution in [0.15, 0.2) is 47.5 Å². The number of aromatic nitrogens is 2. The molecular formula is C27H31FN4O4. The van der Waals surface area contributed by atoms with Gasteiger partial charge in [-0.25, -0.2) is 14.4 Å². The van der Waals surface area contributed by atoms with Gasteiger partial charge in [0.05, 0.1) is 24.1 Å². The Morgan fingerprint density at radius 1 is 1.28 bits per heavy atom. The number of carbonyl (C=O) groups is 1. The van der Waals surface area contributed by atoms with Crippen LogP contribution >= 0.6 is 0 Å². The van der Waals surface area contributed by atoms with E-state index in [1.807, 2.05) is 6.07 Å². The van der Waals surface area contributed by atoms with E-state index in [-0.39, 0.29) is 24.2 Å². The normalized spacial score (nSPS) is 16.7. The third kappa shape index (κ3) is 6.09. The number of aliphatic hydroxyl groups is 1. The first-order chi connectivity index (χ1) is 17.5. The Labute approximate surface area is 209 Å². The number of anilines is 1. The molecule has 190 valence electrons. The lowest BCUT2D eigenvalue weighted by atomic mass is 9.93. The Bertz CT molecular complexity index is 1180. The Morgan fingerprint density at radius 2 is 2.17 bits per heavy atom. The van der Waals surface area contributed by atoms with Crippen LogP contribution in [0.5, 0.6) is 5.75 Å². The summed E-state index contributed by atoms with van der Waals surface area (Å²) in [6, 6.07) is 7.88. The summed E-state index contributed by atoms with van der Waals surface area (Å²) in [5.74, 6) is 1.05. The molecule has 1 aliphatic carbocycles. The van der Waals surface area contributed by atoms with Crippen molar-refractivity contribution in [3.63, 3.8) is 0 Å². The fourth-order valence-electron chi connectivity index (χ4n) is 4.62. The molecule has 36 heavy (non-hydrogen) atoms. The largest absolute Gasteiger partial charge is 0.486 e. The van der Waals surface area contributed by atoms with Crippen LogP contribution in [0.3, 0.4) is 0 Å². The summed E-state index contributed by atoms with van der Waals surface area (Å²) in [5, 5.41) is 13.8. The van der Waals surface area contributed by atoms with Crippen LogP contribution in [-0.4, -0.2) is 51.0 Å². The van der Waals surface area contributed by atoms with E-state index in [4.69, 9.17) is 9.15 Å². The van der Waals surface area contributed by atoms with Gasteiger partial charge >= 0.3 is 0 Å². The fraction of sp³-hybridized carbons (Fsp3) is 0.444. The van der Waals surface area contributed by atoms with Crippen molar-refractivity contribution in [1.29, 1.82) is 0 Å². The minimum atomic E-state index is -0.669. The maximum absolute atomic E-state index is 14.2. The highest BCUT2D eigenvalue weighted by Crippen LogP contribution is 2.26. The number of β-amino-alcohol motifs (C(OH)–C–C–N with tert-alkyl or cyclic N) is 1. The number of hydrogen-bond acceptors (Lipinski definition) is 8. The first-order valence-electron chi connectivity index (χ1n) is 12.5. The third-order valence-corrected chi connectivity index (χ3v) is 6.92. The molecule has 0 radical (unpaired) electrons. The molecule has 0 saturated heterocycles. The summed E-state index contributed by atoms with van der Waals surface area (Å²) in [6.07, 6.45) is 7.95. The van der Waals surface area contributed by atoms with Crippen LogP contribution in [0.4, 0.5) is 10.2 Å². The minimum Gasteiger partial charge on any atom is -0.486 e. The number of halogens is 1. The number of ketones is 1. The molecule has 1 fully saturated rings. The molecule has 3 heterocycles. The van der Waals surface area contributed by atoms with Crippen LogP contribution in [-0.2, 0) is 19.6 Å². The first kappa shape index (κ1) is 24.4. The third-order valence-electron chi connectivity index (χ3n) is 6.92. The lowest BCUT2D eigenvalue weighted by Gasteiger charge is -2.30. The van der Waals surface area contributed by atoms with E-state index in [2.05, 4.69) is 32.3 Å². The van der Waals surface area contributed by atoms with Gasteiger partial charge in [-0.3, -0.25) is 9.69 Å². The SMILES string of the molecule is O=C(CC[C@H](O)CN1CCc2cc(OCc3cnco3)ccc2C1)c1cc(NC2CCC2)ncc1F. The molecule has 0 unspecified atom stereocenters. The molecule has 1 saturated carbocycles. The zero-order valence-corrected chi connectivity index (χ0v) is 20.2. The Kier molecular flexibility index (Phi) is 7.58. The number of Topliss-reactive ketones (excluding diaryl/α,β-unsaturated/α-hetero) is 1. The van der Waals surface area contributed by atoms with Gasteiger partial charge in [-0.2, -0.15) is 0 Å². The van der Waals surface area contributed by atoms with Crippen molar-refractivity contribution >= 4 is 11.6 Å². The molecule has 1 atom stereocenters. The van der Waals surface area contributed by atoms with Gasteiger partial charge in [0.25, 0.3) is 0 Å². The number of nitrogens with one attached hydrogen (secondary N) is 1. The van der Waals surface area contributed by atoms with Crippen molar-refractivity contribution in [2.45, 2.75) is 63.8 Å². The van der Waals surface area contributed by atoms with Gasteiger partial charge in [0, 0.05) is 32.1 Å². The monoisotopic (exact) mass is 494 g/mol. The highest BCUT2D eigenvalue weighted by molar-refractivity contribution is 5.96. The quantitative estimate of drug-likeness (QED) is 0.384. The van der Waals surface area contributed by atoms with E-state index in [0.717, 1.165) is 44.3 Å². The summed E-state index contributed by atoms with van der Waals surface area (Å²) < 4.78 is 25.2. The van der Waals surface area contributed by atoms with Crippen LogP contribution in [0.25, 0.3) is 0 Å². The Hall–Kier alpha value is -3.30. The van der Waals surface area contributed by atoms with Gasteiger partial charge in [-0.1, -0.05) is 6.07 Å². The highest BCUT2D eigenvalue weighted by atomic mass is 19.1. The number of pyridine rings is 1. The summed E-state index contributed by atoms with van der Waals surface area (Å²) in [7, 11) is 0. The number of hydrogen-bond donors (Lipinski definition) is 2. The predicted molar refractivity (Wildman–Crippen MR) is 131 cm³/mol. The van der Waals surface area contributed by atoms with Gasteiger partial charge in [0.1, 0.15) is 18.2 Å². The second kappa shape index (κ2) is 11.2. The van der Waals surface area contributed by atoms with Crippen LogP contribution < -0.4 is 10.1 Å². The number of oxazole rings is 1. The lowest BCUT2D eigenvalue weighted by molar-refractivity contribution is 0.0834. The van der Waals surface area contributed by atoms with Gasteiger partial charge in [-0.05, 0) is 61.4 Å². The molecule has 1 aliphatic heterocycles. The van der Waals surface area contributed by atoms with Crippen molar-refractivity contribution in [3.8, 4) is 5.75 Å². The lowest BCUT2D eigenvalue weighted by Crippen LogP contribution is -2.36. The van der Waals surface area contributed by atoms with Crippen molar-refractivity contribution in [1.82, 2.24) is 14.9 Å². The fourth-order valence-corrected chi connectivity index (χ4v) is 4.62. The van der Waals surface area contributed by atoms with Crippen molar-refractivity contribution in [2.24, 2.45) is 0 Å². The van der Waals surface area contributed by atoms with Gasteiger partial charge in [0.15, 0.2) is 23.8 Å². The summed E-state index contributed by atoms with van der Waals surface area (Å²) in [6.45, 7) is 2.32. The van der Waals surface area contributed by atoms with E-state index in [1.54, 1.807) is 6.20 Å². The number of rotatable bonds is 11. The maximum Gasteiger partial charge on any atom is 0.181 e. The number of fused-ring (bicyclic) bond motifs is 1. The van der Waals surface area contributed by atoms with E-state index in [1.165, 1.54) is 30.0 Å². The predicted octanol–water partition coefficient (Wildman–Crippen LogP) is 4.13. The number of benzene rings is 1. The molecule has 1 aromatic carbocycles. The van der Waals surface area contributed by atoms with E-state index in [9.17, 15) is 14.3 Å². The van der Waals surface area contributed by atoms with Crippen LogP contribution in [0, 0.1) is 5.82 Å². The second-order valence-corrected chi connectivity index (χ2v) is 9.61. The van der Waals surface area contributed by atoms with Crippen molar-refractivity contribution < 1.29 is 23.4 Å². The second-order valence-electron chi connectivity index (χ2n) is 9.61. The highest BCUT2D eigenvalue weighted by Gasteiger charge is 2.22. The standard InChI is InChI=1S/C27H31FN4O4/c28-25-13-30-27(31-20-2-1-3-20)11-24(25)26(34)7-5-21(33)15-32-9-8-18-10-22(6-4-19(18)14-32)35-16-23-12-29-17-36-23/h4,6,10-13,17,20-21,33H,1-3,5,7-9,14-16H2,(H,30,31)/t21-/m0/s1. The molecule has 2 aliphatic rings. The molecular weight excluding hydrogens is 463 g/mol. The Morgan fingerprint density at radius 3 is 2.94 bits per heavy atom. The zero-order valence-electron chi connectivity index (χ0n) is 20.2. The number of ether oxygens (including phenoxy) is 1. The number of nitrogens with zero attached hydrogens (tertiary/aromatic N) is 3. The molecule has 2 aromatic heterocycles. The number of aliphatic hydroxyl groups excluding tert-OH is 1. The molecule has 8 nitrogen and oxygen atoms in total. The minimum absolute atomic E-state index is 0.0345. The Balaban J connectivity index is 1.09. The molecule has 0 bridgehead atoms. The zero-order chi connectivity index (χ0) is 24.9. The summed E-state index contributed by atoms with van der Waals surface area (Å²) in [4.78, 5) is 22.8. The molecule has 0 spiro atoms. The van der Waals surface area contributed by atoms with Gasteiger partial charge < -0.3 is 19.6 Å². The number of carbonyl (C=O) groups excluding carboxylic acids is 1. The summed E-state index contributed by atoms with van der Waals surface area (Å²) >= 11 is 0. The van der Waals surface area contributed by atoms with E-state index < -0.39 is 11.9 Å². The molecule has 3 aromatic rings. The summed E-state index contributed by atoms with van der Waals surface area (Å²) in [5.41, 5.74) is 2.46. The average molecular weight is 495 g/mol. The van der Waals surface area contributed by atoms with Crippen LogP contribution in [0.1, 0.15) is 59.3 Å². The molecule has 5 rings (SSSR count). The van der Waals surface area contributed by atoms with E-state index in [0.29, 0.717) is 30.8 Å². The van der Waals surface area contributed by atoms with Gasteiger partial charge in [-0.15, -0.1) is 0 Å². The van der Waals surface area contributed by atoms with Gasteiger partial charge in [0.2, 0.25) is 0 Å². The topological polar surface area (TPSA) is 101 Å². The van der Waals surface area contributed by atoms with Crippen molar-refractivity contribution in [2.75, 3.05) is 18.4 Å². The van der Waals surface area contributed by atoms with E-state index >= 15 is 0 Å². The molecule has 0 amide bonds. The smallest absolute Gasteiger partial charge is 0.181 e.